The minimum absolute atomic E-state index is 0.110. The van der Waals surface area contributed by atoms with E-state index in [9.17, 15) is 9.59 Å². The van der Waals surface area contributed by atoms with E-state index in [2.05, 4.69) is 24.1 Å². The lowest BCUT2D eigenvalue weighted by molar-refractivity contribution is -0.141. The standard InChI is InChI=1S/C32H47NO5/c1-33-19-18-32-24-16-17-26(34)31(32)38-30-27(37-2)20-22(23(29(30)32)21-25(24)33)14-12-10-8-6-4-3-5-7-9-11-13-15-28(35)36/h16-17,20,23-25,29,31H,3-15,18-19,21H2,1-2H3,(H,35,36)/t23?,24-,25+,29?,31-,32-/m0/s1. The Hall–Kier alpha value is -2.08. The quantitative estimate of drug-likeness (QED) is 0.249. The van der Waals surface area contributed by atoms with E-state index in [1.165, 1.54) is 63.4 Å². The SMILES string of the molecule is COC1=C2O[C@H]3C(=O)C=C[C@H]4[C@H]5CC(C(CCCCCCCCCCCCCC(=O)O)=C1)C2[C@@]34CCN5C. The first kappa shape index (κ1) is 27.5. The molecule has 0 aromatic carbocycles. The molecule has 0 amide bonds. The van der Waals surface area contributed by atoms with Gasteiger partial charge in [-0.25, -0.2) is 0 Å². The number of aliphatic carboxylic acids is 1. The Balaban J connectivity index is 1.11. The normalized spacial score (nSPS) is 33.2. The average molecular weight is 526 g/mol. The summed E-state index contributed by atoms with van der Waals surface area (Å²) in [5.41, 5.74) is 1.41. The van der Waals surface area contributed by atoms with Gasteiger partial charge < -0.3 is 19.5 Å². The van der Waals surface area contributed by atoms with E-state index in [0.29, 0.717) is 24.3 Å². The third-order valence-corrected chi connectivity index (χ3v) is 10.3. The minimum atomic E-state index is -0.674. The van der Waals surface area contributed by atoms with Crippen LogP contribution in [0.4, 0.5) is 0 Å². The Kier molecular flexibility index (Phi) is 8.66. The Morgan fingerprint density at radius 2 is 1.74 bits per heavy atom. The van der Waals surface area contributed by atoms with E-state index in [1.807, 2.05) is 0 Å². The minimum Gasteiger partial charge on any atom is -0.493 e. The first-order chi connectivity index (χ1) is 18.5. The second kappa shape index (κ2) is 12.0. The van der Waals surface area contributed by atoms with Crippen molar-refractivity contribution >= 4 is 11.8 Å². The smallest absolute Gasteiger partial charge is 0.303 e. The number of carbonyl (C=O) groups excluding carboxylic acids is 1. The first-order valence-electron chi connectivity index (χ1n) is 15.3. The van der Waals surface area contributed by atoms with Crippen LogP contribution in [-0.4, -0.2) is 54.6 Å². The van der Waals surface area contributed by atoms with E-state index in [1.54, 1.807) is 13.2 Å². The molecule has 210 valence electrons. The molecule has 0 radical (unpaired) electrons. The van der Waals surface area contributed by atoms with Crippen LogP contribution in [0.3, 0.4) is 0 Å². The molecule has 1 spiro atoms. The van der Waals surface area contributed by atoms with Crippen molar-refractivity contribution in [1.82, 2.24) is 4.90 Å². The second-order valence-corrected chi connectivity index (χ2v) is 12.5. The van der Waals surface area contributed by atoms with Crippen LogP contribution in [0.5, 0.6) is 0 Å². The van der Waals surface area contributed by atoms with Gasteiger partial charge in [-0.15, -0.1) is 0 Å². The summed E-state index contributed by atoms with van der Waals surface area (Å²) in [5.74, 6) is 2.39. The molecule has 2 heterocycles. The molecule has 38 heavy (non-hydrogen) atoms. The van der Waals surface area contributed by atoms with Gasteiger partial charge >= 0.3 is 5.97 Å². The van der Waals surface area contributed by atoms with Crippen molar-refractivity contribution in [1.29, 1.82) is 0 Å². The Bertz CT molecular complexity index is 982. The highest BCUT2D eigenvalue weighted by atomic mass is 16.5. The van der Waals surface area contributed by atoms with Gasteiger partial charge in [0, 0.05) is 29.7 Å². The summed E-state index contributed by atoms with van der Waals surface area (Å²) < 4.78 is 12.4. The fourth-order valence-electron chi connectivity index (χ4n) is 8.45. The van der Waals surface area contributed by atoms with Crippen LogP contribution in [0.1, 0.15) is 96.3 Å². The van der Waals surface area contributed by atoms with Gasteiger partial charge in [-0.05, 0) is 63.8 Å². The van der Waals surface area contributed by atoms with E-state index in [4.69, 9.17) is 14.6 Å². The van der Waals surface area contributed by atoms with Crippen LogP contribution in [0.25, 0.3) is 0 Å². The molecule has 1 N–H and O–H groups in total. The van der Waals surface area contributed by atoms with Gasteiger partial charge in [0.15, 0.2) is 17.6 Å². The Labute approximate surface area is 228 Å². The summed E-state index contributed by atoms with van der Waals surface area (Å²) in [6.07, 6.45) is 22.7. The third-order valence-electron chi connectivity index (χ3n) is 10.3. The van der Waals surface area contributed by atoms with E-state index in [0.717, 1.165) is 50.2 Å². The Morgan fingerprint density at radius 3 is 2.39 bits per heavy atom. The fraction of sp³-hybridized carbons (Fsp3) is 0.750. The molecule has 2 aliphatic heterocycles. The van der Waals surface area contributed by atoms with Crippen LogP contribution < -0.4 is 0 Å². The van der Waals surface area contributed by atoms with Gasteiger partial charge in [-0.1, -0.05) is 69.4 Å². The van der Waals surface area contributed by atoms with Gasteiger partial charge in [-0.3, -0.25) is 9.59 Å². The number of carboxylic acid groups (broad SMARTS) is 1. The van der Waals surface area contributed by atoms with Crippen molar-refractivity contribution in [2.24, 2.45) is 23.2 Å². The maximum Gasteiger partial charge on any atom is 0.303 e. The number of piperidine rings is 1. The van der Waals surface area contributed by atoms with Gasteiger partial charge in [0.05, 0.1) is 7.11 Å². The number of likely N-dealkylation sites (tertiary alicyclic amines) is 1. The lowest BCUT2D eigenvalue weighted by Gasteiger charge is -2.60. The number of hydrogen-bond acceptors (Lipinski definition) is 5. The molecule has 2 unspecified atom stereocenters. The van der Waals surface area contributed by atoms with Crippen molar-refractivity contribution < 1.29 is 24.2 Å². The number of carbonyl (C=O) groups is 2. The zero-order valence-corrected chi connectivity index (χ0v) is 23.5. The van der Waals surface area contributed by atoms with Crippen LogP contribution in [0, 0.1) is 23.2 Å². The number of allylic oxidation sites excluding steroid dienone is 3. The predicted molar refractivity (Wildman–Crippen MR) is 147 cm³/mol. The monoisotopic (exact) mass is 525 g/mol. The molecular weight excluding hydrogens is 478 g/mol. The highest BCUT2D eigenvalue weighted by Crippen LogP contribution is 2.67. The number of rotatable bonds is 15. The first-order valence-corrected chi connectivity index (χ1v) is 15.3. The molecule has 3 fully saturated rings. The highest BCUT2D eigenvalue weighted by molar-refractivity contribution is 5.96. The molecule has 3 aliphatic carbocycles. The summed E-state index contributed by atoms with van der Waals surface area (Å²) in [4.78, 5) is 26.1. The predicted octanol–water partition coefficient (Wildman–Crippen LogP) is 6.42. The number of carboxylic acids is 1. The van der Waals surface area contributed by atoms with Gasteiger partial charge in [-0.2, -0.15) is 0 Å². The highest BCUT2D eigenvalue weighted by Gasteiger charge is 2.70. The zero-order valence-electron chi connectivity index (χ0n) is 23.5. The summed E-state index contributed by atoms with van der Waals surface area (Å²) in [7, 11) is 4.00. The summed E-state index contributed by atoms with van der Waals surface area (Å²) >= 11 is 0. The molecule has 6 atom stereocenters. The molecule has 6 nitrogen and oxygen atoms in total. The molecule has 2 saturated heterocycles. The lowest BCUT2D eigenvalue weighted by atomic mass is 9.47. The fourth-order valence-corrected chi connectivity index (χ4v) is 8.45. The van der Waals surface area contributed by atoms with Gasteiger partial charge in [0.1, 0.15) is 5.76 Å². The van der Waals surface area contributed by atoms with Crippen LogP contribution in [-0.2, 0) is 19.1 Å². The maximum atomic E-state index is 13.0. The van der Waals surface area contributed by atoms with Crippen LogP contribution >= 0.6 is 0 Å². The molecule has 6 heteroatoms. The zero-order chi connectivity index (χ0) is 26.7. The number of hydrogen-bond donors (Lipinski definition) is 1. The molecule has 5 aliphatic rings. The van der Waals surface area contributed by atoms with Crippen molar-refractivity contribution in [2.45, 2.75) is 108 Å². The summed E-state index contributed by atoms with van der Waals surface area (Å²) in [6.45, 7) is 1.03. The molecule has 5 rings (SSSR count). The van der Waals surface area contributed by atoms with Gasteiger partial charge in [0.25, 0.3) is 0 Å². The molecule has 1 saturated carbocycles. The molecule has 0 aromatic rings. The van der Waals surface area contributed by atoms with Gasteiger partial charge in [0.2, 0.25) is 0 Å². The number of nitrogens with zero attached hydrogens (tertiary/aromatic N) is 1. The number of ketones is 1. The third kappa shape index (κ3) is 5.10. The van der Waals surface area contributed by atoms with E-state index >= 15 is 0 Å². The van der Waals surface area contributed by atoms with E-state index in [-0.39, 0.29) is 23.2 Å². The number of ether oxygens (including phenoxy) is 2. The maximum absolute atomic E-state index is 13.0. The number of unbranched alkanes of at least 4 members (excludes halogenated alkanes) is 10. The van der Waals surface area contributed by atoms with Crippen molar-refractivity contribution in [2.75, 3.05) is 20.7 Å². The van der Waals surface area contributed by atoms with E-state index < -0.39 is 5.97 Å². The molecule has 2 bridgehead atoms. The van der Waals surface area contributed by atoms with Crippen molar-refractivity contribution in [3.05, 3.63) is 35.3 Å². The topological polar surface area (TPSA) is 76.1 Å². The largest absolute Gasteiger partial charge is 0.493 e. The lowest BCUT2D eigenvalue weighted by Crippen LogP contribution is -2.64. The average Bonchev–Trinajstić information content (AvgIpc) is 3.25. The second-order valence-electron chi connectivity index (χ2n) is 12.5. The molecule has 0 aromatic heterocycles. The van der Waals surface area contributed by atoms with Crippen LogP contribution in [0.2, 0.25) is 0 Å². The Morgan fingerprint density at radius 1 is 1.08 bits per heavy atom. The number of methoxy groups -OCH3 is 1. The molecular formula is C32H47NO5. The summed E-state index contributed by atoms with van der Waals surface area (Å²) in [5, 5.41) is 8.70. The van der Waals surface area contributed by atoms with Crippen molar-refractivity contribution in [3.8, 4) is 0 Å². The van der Waals surface area contributed by atoms with Crippen molar-refractivity contribution in [3.63, 3.8) is 0 Å². The summed E-state index contributed by atoms with van der Waals surface area (Å²) in [6, 6.07) is 0.476. The van der Waals surface area contributed by atoms with Crippen LogP contribution in [0.15, 0.2) is 35.3 Å².